The lowest BCUT2D eigenvalue weighted by molar-refractivity contribution is 0.587. The molecule has 0 fully saturated rings. The molecule has 1 N–H and O–H groups in total. The third-order valence-corrected chi connectivity index (χ3v) is 3.70. The van der Waals surface area contributed by atoms with Crippen LogP contribution in [0.2, 0.25) is 5.02 Å². The molecular formula is C17H19ClFN. The van der Waals surface area contributed by atoms with Gasteiger partial charge in [0.2, 0.25) is 0 Å². The van der Waals surface area contributed by atoms with E-state index in [1.54, 1.807) is 6.07 Å². The van der Waals surface area contributed by atoms with E-state index in [4.69, 9.17) is 11.6 Å². The van der Waals surface area contributed by atoms with E-state index >= 15 is 0 Å². The van der Waals surface area contributed by atoms with Crippen LogP contribution in [0.5, 0.6) is 0 Å². The molecule has 0 spiro atoms. The SMILES string of the molecule is CCCNCc1cc(-c2ccc(C)c(Cl)c2)ccc1F. The molecule has 0 unspecified atom stereocenters. The average Bonchev–Trinajstić information content (AvgIpc) is 2.44. The van der Waals surface area contributed by atoms with Crippen molar-refractivity contribution in [1.82, 2.24) is 5.32 Å². The molecule has 2 rings (SSSR count). The van der Waals surface area contributed by atoms with Crippen LogP contribution in [0.25, 0.3) is 11.1 Å². The largest absolute Gasteiger partial charge is 0.313 e. The summed E-state index contributed by atoms with van der Waals surface area (Å²) < 4.78 is 13.8. The summed E-state index contributed by atoms with van der Waals surface area (Å²) in [5.41, 5.74) is 3.73. The van der Waals surface area contributed by atoms with Crippen LogP contribution < -0.4 is 5.32 Å². The van der Waals surface area contributed by atoms with Gasteiger partial charge in [-0.2, -0.15) is 0 Å². The van der Waals surface area contributed by atoms with Crippen LogP contribution in [-0.2, 0) is 6.54 Å². The standard InChI is InChI=1S/C17H19ClFN/c1-3-8-20-11-15-9-13(6-7-17(15)19)14-5-4-12(2)16(18)10-14/h4-7,9-10,20H,3,8,11H2,1-2H3. The zero-order chi connectivity index (χ0) is 14.5. The summed E-state index contributed by atoms with van der Waals surface area (Å²) in [5, 5.41) is 3.96. The summed E-state index contributed by atoms with van der Waals surface area (Å²) in [6.07, 6.45) is 1.04. The fourth-order valence-corrected chi connectivity index (χ4v) is 2.24. The van der Waals surface area contributed by atoms with Gasteiger partial charge in [-0.3, -0.25) is 0 Å². The van der Waals surface area contributed by atoms with Crippen LogP contribution in [0.4, 0.5) is 4.39 Å². The third kappa shape index (κ3) is 3.59. The van der Waals surface area contributed by atoms with Gasteiger partial charge in [-0.15, -0.1) is 0 Å². The first kappa shape index (κ1) is 15.0. The molecule has 0 bridgehead atoms. The summed E-state index contributed by atoms with van der Waals surface area (Å²) in [5.74, 6) is -0.171. The predicted molar refractivity (Wildman–Crippen MR) is 83.6 cm³/mol. The number of nitrogens with one attached hydrogen (secondary N) is 1. The summed E-state index contributed by atoms with van der Waals surface area (Å²) >= 11 is 6.15. The highest BCUT2D eigenvalue weighted by Crippen LogP contribution is 2.26. The van der Waals surface area contributed by atoms with E-state index in [2.05, 4.69) is 12.2 Å². The molecule has 0 aliphatic rings. The molecule has 3 heteroatoms. The van der Waals surface area contributed by atoms with Crippen molar-refractivity contribution < 1.29 is 4.39 Å². The van der Waals surface area contributed by atoms with E-state index in [0.29, 0.717) is 12.1 Å². The Morgan fingerprint density at radius 3 is 2.50 bits per heavy atom. The molecule has 106 valence electrons. The van der Waals surface area contributed by atoms with Gasteiger partial charge in [-0.1, -0.05) is 36.7 Å². The second-order valence-electron chi connectivity index (χ2n) is 4.95. The van der Waals surface area contributed by atoms with Gasteiger partial charge < -0.3 is 5.32 Å². The Kier molecular flexibility index (Phi) is 5.16. The zero-order valence-corrected chi connectivity index (χ0v) is 12.6. The second-order valence-corrected chi connectivity index (χ2v) is 5.35. The summed E-state index contributed by atoms with van der Waals surface area (Å²) in [7, 11) is 0. The van der Waals surface area contributed by atoms with Crippen LogP contribution >= 0.6 is 11.6 Å². The van der Waals surface area contributed by atoms with Crippen molar-refractivity contribution in [3.8, 4) is 11.1 Å². The Bertz CT molecular complexity index is 596. The molecule has 2 aromatic rings. The van der Waals surface area contributed by atoms with Crippen LogP contribution in [-0.4, -0.2) is 6.54 Å². The normalized spacial score (nSPS) is 10.8. The first-order valence-electron chi connectivity index (χ1n) is 6.87. The lowest BCUT2D eigenvalue weighted by Gasteiger charge is -2.09. The van der Waals surface area contributed by atoms with Crippen LogP contribution in [0, 0.1) is 12.7 Å². The molecule has 0 amide bonds. The molecule has 0 aromatic heterocycles. The van der Waals surface area contributed by atoms with E-state index in [0.717, 1.165) is 34.7 Å². The van der Waals surface area contributed by atoms with Gasteiger partial charge in [-0.25, -0.2) is 4.39 Å². The van der Waals surface area contributed by atoms with Crippen LogP contribution in [0.15, 0.2) is 36.4 Å². The highest BCUT2D eigenvalue weighted by Gasteiger charge is 2.06. The number of hydrogen-bond acceptors (Lipinski definition) is 1. The van der Waals surface area contributed by atoms with Gasteiger partial charge in [0.05, 0.1) is 0 Å². The molecule has 1 nitrogen and oxygen atoms in total. The van der Waals surface area contributed by atoms with Crippen LogP contribution in [0.1, 0.15) is 24.5 Å². The minimum atomic E-state index is -0.171. The van der Waals surface area contributed by atoms with E-state index in [9.17, 15) is 4.39 Å². The monoisotopic (exact) mass is 291 g/mol. The number of hydrogen-bond donors (Lipinski definition) is 1. The van der Waals surface area contributed by atoms with Gasteiger partial charge >= 0.3 is 0 Å². The predicted octanol–water partition coefficient (Wildman–Crippen LogP) is 4.95. The van der Waals surface area contributed by atoms with E-state index in [1.807, 2.05) is 31.2 Å². The molecular weight excluding hydrogens is 273 g/mol. The molecule has 0 aliphatic heterocycles. The number of benzene rings is 2. The fourth-order valence-electron chi connectivity index (χ4n) is 2.06. The lowest BCUT2D eigenvalue weighted by Crippen LogP contribution is -2.14. The first-order chi connectivity index (χ1) is 9.61. The van der Waals surface area contributed by atoms with Crippen molar-refractivity contribution in [2.24, 2.45) is 0 Å². The smallest absolute Gasteiger partial charge is 0.127 e. The van der Waals surface area contributed by atoms with Crippen molar-refractivity contribution >= 4 is 11.6 Å². The third-order valence-electron chi connectivity index (χ3n) is 3.29. The minimum absolute atomic E-state index is 0.171. The molecule has 0 heterocycles. The highest BCUT2D eigenvalue weighted by molar-refractivity contribution is 6.31. The Balaban J connectivity index is 2.27. The molecule has 0 saturated heterocycles. The molecule has 0 saturated carbocycles. The minimum Gasteiger partial charge on any atom is -0.313 e. The van der Waals surface area contributed by atoms with Crippen molar-refractivity contribution in [3.63, 3.8) is 0 Å². The van der Waals surface area contributed by atoms with Gasteiger partial charge in [0.15, 0.2) is 0 Å². The Labute approximate surface area is 124 Å². The zero-order valence-electron chi connectivity index (χ0n) is 11.8. The fraction of sp³-hybridized carbons (Fsp3) is 0.294. The van der Waals surface area contributed by atoms with Gasteiger partial charge in [0.1, 0.15) is 5.82 Å². The maximum absolute atomic E-state index is 13.8. The van der Waals surface area contributed by atoms with E-state index in [-0.39, 0.29) is 5.82 Å². The Morgan fingerprint density at radius 2 is 1.80 bits per heavy atom. The highest BCUT2D eigenvalue weighted by atomic mass is 35.5. The van der Waals surface area contributed by atoms with Gasteiger partial charge in [0.25, 0.3) is 0 Å². The van der Waals surface area contributed by atoms with E-state index in [1.165, 1.54) is 6.07 Å². The van der Waals surface area contributed by atoms with Crippen molar-refractivity contribution in [2.45, 2.75) is 26.8 Å². The van der Waals surface area contributed by atoms with Crippen molar-refractivity contribution in [3.05, 3.63) is 58.4 Å². The second kappa shape index (κ2) is 6.87. The topological polar surface area (TPSA) is 12.0 Å². The van der Waals surface area contributed by atoms with E-state index < -0.39 is 0 Å². The molecule has 20 heavy (non-hydrogen) atoms. The molecule has 2 aromatic carbocycles. The molecule has 0 aliphatic carbocycles. The Hall–Kier alpha value is -1.38. The Morgan fingerprint density at radius 1 is 1.10 bits per heavy atom. The van der Waals surface area contributed by atoms with Crippen molar-refractivity contribution in [1.29, 1.82) is 0 Å². The van der Waals surface area contributed by atoms with Gasteiger partial charge in [-0.05, 0) is 54.8 Å². The summed E-state index contributed by atoms with van der Waals surface area (Å²) in [4.78, 5) is 0. The van der Waals surface area contributed by atoms with Crippen LogP contribution in [0.3, 0.4) is 0 Å². The molecule has 0 atom stereocenters. The number of aryl methyl sites for hydroxylation is 1. The summed E-state index contributed by atoms with van der Waals surface area (Å²) in [6.45, 7) is 5.50. The number of halogens is 2. The maximum Gasteiger partial charge on any atom is 0.127 e. The lowest BCUT2D eigenvalue weighted by atomic mass is 10.0. The summed E-state index contributed by atoms with van der Waals surface area (Å²) in [6, 6.07) is 11.1. The number of rotatable bonds is 5. The van der Waals surface area contributed by atoms with Crippen molar-refractivity contribution in [2.75, 3.05) is 6.54 Å². The maximum atomic E-state index is 13.8. The van der Waals surface area contributed by atoms with Gasteiger partial charge in [0, 0.05) is 17.1 Å². The average molecular weight is 292 g/mol. The first-order valence-corrected chi connectivity index (χ1v) is 7.25. The quantitative estimate of drug-likeness (QED) is 0.768. The molecule has 0 radical (unpaired) electrons.